The molecule has 0 spiro atoms. The predicted octanol–water partition coefficient (Wildman–Crippen LogP) is 3.60. The number of amides is 1. The molecule has 0 aliphatic heterocycles. The normalized spacial score (nSPS) is 16.8. The highest BCUT2D eigenvalue weighted by atomic mass is 79.9. The maximum Gasteiger partial charge on any atom is 0.272 e. The Hall–Kier alpha value is -1.68. The zero-order valence-electron chi connectivity index (χ0n) is 11.2. The van der Waals surface area contributed by atoms with Gasteiger partial charge in [0.2, 0.25) is 0 Å². The average molecular weight is 331 g/mol. The van der Waals surface area contributed by atoms with Crippen molar-refractivity contribution in [1.29, 1.82) is 0 Å². The summed E-state index contributed by atoms with van der Waals surface area (Å²) in [5.74, 6) is -0.0343. The van der Waals surface area contributed by atoms with E-state index in [-0.39, 0.29) is 11.9 Å². The van der Waals surface area contributed by atoms with Crippen LogP contribution in [0.15, 0.2) is 47.1 Å². The van der Waals surface area contributed by atoms with E-state index in [1.54, 1.807) is 11.0 Å². The number of hydrogen-bond donors (Lipinski definition) is 0. The first-order chi connectivity index (χ1) is 9.66. The van der Waals surface area contributed by atoms with Crippen molar-refractivity contribution in [2.24, 2.45) is 0 Å². The van der Waals surface area contributed by atoms with Crippen LogP contribution in [0.25, 0.3) is 0 Å². The van der Waals surface area contributed by atoms with Crippen molar-refractivity contribution < 1.29 is 4.79 Å². The maximum absolute atomic E-state index is 12.5. The van der Waals surface area contributed by atoms with Crippen LogP contribution in [0.2, 0.25) is 0 Å². The van der Waals surface area contributed by atoms with Crippen LogP contribution in [0.4, 0.5) is 0 Å². The fourth-order valence-corrected chi connectivity index (χ4v) is 3.13. The Kier molecular flexibility index (Phi) is 3.57. The molecule has 0 N–H and O–H groups in total. The average Bonchev–Trinajstić information content (AvgIpc) is 2.89. The third-order valence-electron chi connectivity index (χ3n) is 3.82. The van der Waals surface area contributed by atoms with Gasteiger partial charge in [0.05, 0.1) is 6.04 Å². The van der Waals surface area contributed by atoms with Crippen LogP contribution in [0.5, 0.6) is 0 Å². The van der Waals surface area contributed by atoms with Gasteiger partial charge in [-0.2, -0.15) is 0 Å². The number of aryl methyl sites for hydroxylation is 1. The third kappa shape index (κ3) is 2.36. The monoisotopic (exact) mass is 330 g/mol. The number of pyridine rings is 1. The lowest BCUT2D eigenvalue weighted by Crippen LogP contribution is -2.30. The second-order valence-corrected chi connectivity index (χ2v) is 5.83. The summed E-state index contributed by atoms with van der Waals surface area (Å²) in [5, 5.41) is 0. The standard InChI is InChI=1S/C16H15BrN2O/c1-19(16(20)13-7-4-8-15(17)18-13)14-10-9-11-5-2-3-6-12(11)14/h2-8,14H,9-10H2,1H3. The second kappa shape index (κ2) is 5.37. The molecule has 1 aromatic carbocycles. The van der Waals surface area contributed by atoms with Crippen LogP contribution in [-0.4, -0.2) is 22.8 Å². The van der Waals surface area contributed by atoms with Crippen molar-refractivity contribution in [2.45, 2.75) is 18.9 Å². The quantitative estimate of drug-likeness (QED) is 0.788. The summed E-state index contributed by atoms with van der Waals surface area (Å²) in [6.07, 6.45) is 2.01. The Bertz CT molecular complexity index is 656. The molecule has 1 aliphatic carbocycles. The van der Waals surface area contributed by atoms with E-state index < -0.39 is 0 Å². The molecule has 0 saturated heterocycles. The molecule has 0 saturated carbocycles. The van der Waals surface area contributed by atoms with Crippen molar-refractivity contribution in [3.8, 4) is 0 Å². The minimum atomic E-state index is -0.0343. The Morgan fingerprint density at radius 1 is 1.25 bits per heavy atom. The van der Waals surface area contributed by atoms with Gasteiger partial charge in [0.25, 0.3) is 5.91 Å². The molecule has 4 heteroatoms. The highest BCUT2D eigenvalue weighted by molar-refractivity contribution is 9.10. The molecule has 1 aliphatic rings. The lowest BCUT2D eigenvalue weighted by Gasteiger charge is -2.25. The van der Waals surface area contributed by atoms with Gasteiger partial charge in [-0.3, -0.25) is 4.79 Å². The molecule has 102 valence electrons. The number of fused-ring (bicyclic) bond motifs is 1. The van der Waals surface area contributed by atoms with E-state index in [9.17, 15) is 4.79 Å². The lowest BCUT2D eigenvalue weighted by molar-refractivity contribution is 0.0724. The number of carbonyl (C=O) groups excluding carboxylic acids is 1. The fraction of sp³-hybridized carbons (Fsp3) is 0.250. The highest BCUT2D eigenvalue weighted by Gasteiger charge is 2.29. The van der Waals surface area contributed by atoms with Crippen molar-refractivity contribution in [3.63, 3.8) is 0 Å². The zero-order chi connectivity index (χ0) is 14.1. The highest BCUT2D eigenvalue weighted by Crippen LogP contribution is 2.35. The van der Waals surface area contributed by atoms with Crippen molar-refractivity contribution in [2.75, 3.05) is 7.05 Å². The summed E-state index contributed by atoms with van der Waals surface area (Å²) in [6, 6.07) is 13.9. The first kappa shape index (κ1) is 13.3. The number of aromatic nitrogens is 1. The minimum absolute atomic E-state index is 0.0343. The van der Waals surface area contributed by atoms with Gasteiger partial charge < -0.3 is 4.90 Å². The summed E-state index contributed by atoms with van der Waals surface area (Å²) >= 11 is 3.31. The molecule has 1 atom stereocenters. The van der Waals surface area contributed by atoms with Gasteiger partial charge in [-0.05, 0) is 52.0 Å². The van der Waals surface area contributed by atoms with Crippen LogP contribution < -0.4 is 0 Å². The van der Waals surface area contributed by atoms with Gasteiger partial charge in [-0.25, -0.2) is 4.98 Å². The van der Waals surface area contributed by atoms with E-state index in [1.807, 2.05) is 25.2 Å². The van der Waals surface area contributed by atoms with E-state index in [0.29, 0.717) is 10.3 Å². The molecule has 1 unspecified atom stereocenters. The maximum atomic E-state index is 12.5. The molecule has 20 heavy (non-hydrogen) atoms. The molecule has 0 radical (unpaired) electrons. The number of nitrogens with zero attached hydrogens (tertiary/aromatic N) is 2. The molecule has 2 aromatic rings. The first-order valence-electron chi connectivity index (χ1n) is 6.64. The van der Waals surface area contributed by atoms with Crippen LogP contribution >= 0.6 is 15.9 Å². The number of rotatable bonds is 2. The van der Waals surface area contributed by atoms with Crippen molar-refractivity contribution in [1.82, 2.24) is 9.88 Å². The van der Waals surface area contributed by atoms with Gasteiger partial charge in [-0.15, -0.1) is 0 Å². The van der Waals surface area contributed by atoms with Gasteiger partial charge in [-0.1, -0.05) is 30.3 Å². The summed E-state index contributed by atoms with van der Waals surface area (Å²) < 4.78 is 0.684. The minimum Gasteiger partial charge on any atom is -0.333 e. The SMILES string of the molecule is CN(C(=O)c1cccc(Br)n1)C1CCc2ccccc21. The zero-order valence-corrected chi connectivity index (χ0v) is 12.8. The Morgan fingerprint density at radius 2 is 2.05 bits per heavy atom. The molecule has 3 nitrogen and oxygen atoms in total. The smallest absolute Gasteiger partial charge is 0.272 e. The molecule has 1 amide bonds. The molecule has 0 bridgehead atoms. The number of hydrogen-bond acceptors (Lipinski definition) is 2. The van der Waals surface area contributed by atoms with Crippen LogP contribution in [-0.2, 0) is 6.42 Å². The molecule has 3 rings (SSSR count). The summed E-state index contributed by atoms with van der Waals surface area (Å²) in [5.41, 5.74) is 3.09. The first-order valence-corrected chi connectivity index (χ1v) is 7.43. The fourth-order valence-electron chi connectivity index (χ4n) is 2.79. The predicted molar refractivity (Wildman–Crippen MR) is 81.5 cm³/mol. The summed E-state index contributed by atoms with van der Waals surface area (Å²) in [4.78, 5) is 18.6. The van der Waals surface area contributed by atoms with Crippen LogP contribution in [0.1, 0.15) is 34.1 Å². The van der Waals surface area contributed by atoms with Gasteiger partial charge >= 0.3 is 0 Å². The third-order valence-corrected chi connectivity index (χ3v) is 4.26. The topological polar surface area (TPSA) is 33.2 Å². The van der Waals surface area contributed by atoms with E-state index >= 15 is 0 Å². The number of halogens is 1. The van der Waals surface area contributed by atoms with Crippen LogP contribution in [0.3, 0.4) is 0 Å². The molecule has 0 fully saturated rings. The lowest BCUT2D eigenvalue weighted by atomic mass is 10.1. The van der Waals surface area contributed by atoms with Gasteiger partial charge in [0.15, 0.2) is 0 Å². The van der Waals surface area contributed by atoms with Crippen molar-refractivity contribution >= 4 is 21.8 Å². The van der Waals surface area contributed by atoms with E-state index in [4.69, 9.17) is 0 Å². The molecular formula is C16H15BrN2O. The number of benzene rings is 1. The Morgan fingerprint density at radius 3 is 2.85 bits per heavy atom. The molecule has 1 aromatic heterocycles. The van der Waals surface area contributed by atoms with E-state index in [0.717, 1.165) is 12.8 Å². The van der Waals surface area contributed by atoms with Gasteiger partial charge in [0, 0.05) is 7.05 Å². The van der Waals surface area contributed by atoms with E-state index in [2.05, 4.69) is 39.1 Å². The molecule has 1 heterocycles. The Labute approximate surface area is 126 Å². The second-order valence-electron chi connectivity index (χ2n) is 5.01. The summed E-state index contributed by atoms with van der Waals surface area (Å²) in [7, 11) is 1.86. The summed E-state index contributed by atoms with van der Waals surface area (Å²) in [6.45, 7) is 0. The Balaban J connectivity index is 1.87. The van der Waals surface area contributed by atoms with E-state index in [1.165, 1.54) is 11.1 Å². The van der Waals surface area contributed by atoms with Crippen LogP contribution in [0, 0.1) is 0 Å². The van der Waals surface area contributed by atoms with Gasteiger partial charge in [0.1, 0.15) is 10.3 Å². The molecular weight excluding hydrogens is 316 g/mol. The largest absolute Gasteiger partial charge is 0.333 e. The van der Waals surface area contributed by atoms with Crippen molar-refractivity contribution in [3.05, 3.63) is 63.9 Å². The number of carbonyl (C=O) groups is 1.